The Morgan fingerprint density at radius 1 is 1.30 bits per heavy atom. The molecule has 1 aromatic carbocycles. The van der Waals surface area contributed by atoms with Gasteiger partial charge in [0.15, 0.2) is 22.6 Å². The van der Waals surface area contributed by atoms with Crippen LogP contribution in [0.1, 0.15) is 13.8 Å². The smallest absolute Gasteiger partial charge is 0.335 e. The summed E-state index contributed by atoms with van der Waals surface area (Å²) >= 11 is -2.24. The van der Waals surface area contributed by atoms with Crippen LogP contribution in [0.15, 0.2) is 29.7 Å². The molecule has 1 rings (SSSR count). The van der Waals surface area contributed by atoms with Gasteiger partial charge in [-0.2, -0.15) is 0 Å². The molecular formula is C13H16O6S. The maximum Gasteiger partial charge on any atom is 0.335 e. The third-order valence-corrected chi connectivity index (χ3v) is 2.88. The lowest BCUT2D eigenvalue weighted by Gasteiger charge is -2.16. The van der Waals surface area contributed by atoms with Crippen LogP contribution >= 0.6 is 0 Å². The van der Waals surface area contributed by atoms with Crippen molar-refractivity contribution in [1.82, 2.24) is 0 Å². The number of esters is 1. The van der Waals surface area contributed by atoms with E-state index in [9.17, 15) is 13.6 Å². The van der Waals surface area contributed by atoms with Crippen molar-refractivity contribution in [2.24, 2.45) is 0 Å². The van der Waals surface area contributed by atoms with Gasteiger partial charge >= 0.3 is 5.97 Å². The van der Waals surface area contributed by atoms with Gasteiger partial charge < -0.3 is 18.8 Å². The molecule has 0 saturated heterocycles. The maximum absolute atomic E-state index is 11.3. The van der Waals surface area contributed by atoms with Gasteiger partial charge in [-0.1, -0.05) is 6.58 Å². The lowest BCUT2D eigenvalue weighted by molar-refractivity contribution is -0.129. The fraction of sp³-hybridized carbons (Fsp3) is 0.308. The summed E-state index contributed by atoms with van der Waals surface area (Å²) in [6.45, 7) is 7.30. The average Bonchev–Trinajstić information content (AvgIpc) is 2.42. The lowest BCUT2D eigenvalue weighted by atomic mass is 10.3. The van der Waals surface area contributed by atoms with Gasteiger partial charge in [0, 0.05) is 6.08 Å². The zero-order chi connectivity index (χ0) is 15.1. The summed E-state index contributed by atoms with van der Waals surface area (Å²) in [5.41, 5.74) is 0. The third kappa shape index (κ3) is 3.82. The molecule has 0 bridgehead atoms. The molecule has 110 valence electrons. The van der Waals surface area contributed by atoms with E-state index in [1.165, 1.54) is 12.1 Å². The van der Waals surface area contributed by atoms with Crippen LogP contribution in [0.4, 0.5) is 0 Å². The second-order valence-corrected chi connectivity index (χ2v) is 4.40. The molecule has 1 atom stereocenters. The minimum absolute atomic E-state index is 0.0497. The van der Waals surface area contributed by atoms with Crippen LogP contribution in [0, 0.1) is 0 Å². The largest absolute Gasteiger partial charge is 0.489 e. The Hall–Kier alpha value is -1.86. The van der Waals surface area contributed by atoms with Crippen molar-refractivity contribution >= 4 is 17.0 Å². The first-order valence-corrected chi connectivity index (χ1v) is 7.03. The zero-order valence-electron chi connectivity index (χ0n) is 11.3. The fourth-order valence-electron chi connectivity index (χ4n) is 1.46. The quantitative estimate of drug-likeness (QED) is 0.359. The number of hydrogen-bond acceptors (Lipinski definition) is 5. The summed E-state index contributed by atoms with van der Waals surface area (Å²) in [6.07, 6.45) is 1.01. The predicted molar refractivity (Wildman–Crippen MR) is 73.6 cm³/mol. The molecule has 20 heavy (non-hydrogen) atoms. The second kappa shape index (κ2) is 7.66. The minimum atomic E-state index is -2.24. The van der Waals surface area contributed by atoms with Gasteiger partial charge in [-0.3, -0.25) is 0 Å². The Morgan fingerprint density at radius 3 is 2.40 bits per heavy atom. The average molecular weight is 300 g/mol. The number of hydrogen-bond donors (Lipinski definition) is 1. The van der Waals surface area contributed by atoms with Crippen LogP contribution in [-0.4, -0.2) is 27.9 Å². The highest BCUT2D eigenvalue weighted by molar-refractivity contribution is 7.79. The molecule has 0 spiro atoms. The molecule has 1 unspecified atom stereocenters. The highest BCUT2D eigenvalue weighted by atomic mass is 32.2. The van der Waals surface area contributed by atoms with Crippen LogP contribution < -0.4 is 14.2 Å². The van der Waals surface area contributed by atoms with E-state index in [1.54, 1.807) is 13.8 Å². The Labute approximate surface area is 119 Å². The van der Waals surface area contributed by atoms with E-state index < -0.39 is 17.0 Å². The Balaban J connectivity index is 3.37. The number of carbonyl (C=O) groups is 1. The highest BCUT2D eigenvalue weighted by Crippen LogP contribution is 2.41. The molecule has 7 heteroatoms. The van der Waals surface area contributed by atoms with E-state index in [1.807, 2.05) is 0 Å². The van der Waals surface area contributed by atoms with Crippen LogP contribution in [0.2, 0.25) is 0 Å². The minimum Gasteiger partial charge on any atom is -0.489 e. The van der Waals surface area contributed by atoms with Gasteiger partial charge in [0.1, 0.15) is 4.90 Å². The van der Waals surface area contributed by atoms with Gasteiger partial charge in [-0.15, -0.1) is 0 Å². The van der Waals surface area contributed by atoms with Gasteiger partial charge in [-0.25, -0.2) is 9.00 Å². The van der Waals surface area contributed by atoms with Crippen molar-refractivity contribution in [2.75, 3.05) is 13.2 Å². The Bertz CT molecular complexity index is 526. The molecule has 0 aromatic heterocycles. The van der Waals surface area contributed by atoms with Crippen LogP contribution in [0.3, 0.4) is 0 Å². The molecule has 0 aliphatic rings. The molecule has 1 N–H and O–H groups in total. The molecular weight excluding hydrogens is 284 g/mol. The molecule has 0 amide bonds. The topological polar surface area (TPSA) is 82.1 Å². The number of benzene rings is 1. The molecule has 0 saturated carbocycles. The first kappa shape index (κ1) is 16.2. The summed E-state index contributed by atoms with van der Waals surface area (Å²) in [6, 6.07) is 2.72. The van der Waals surface area contributed by atoms with E-state index in [0.717, 1.165) is 6.08 Å². The van der Waals surface area contributed by atoms with Gasteiger partial charge in [0.2, 0.25) is 5.75 Å². The second-order valence-electron chi connectivity index (χ2n) is 3.46. The zero-order valence-corrected chi connectivity index (χ0v) is 12.1. The first-order valence-electron chi connectivity index (χ1n) is 5.92. The summed E-state index contributed by atoms with van der Waals surface area (Å²) < 4.78 is 36.3. The molecule has 0 heterocycles. The van der Waals surface area contributed by atoms with Gasteiger partial charge in [0.25, 0.3) is 0 Å². The normalized spacial score (nSPS) is 11.6. The van der Waals surface area contributed by atoms with Crippen molar-refractivity contribution in [3.05, 3.63) is 24.8 Å². The Kier molecular flexibility index (Phi) is 6.20. The number of rotatable bonds is 7. The summed E-state index contributed by atoms with van der Waals surface area (Å²) in [5.74, 6) is -0.352. The van der Waals surface area contributed by atoms with E-state index in [4.69, 9.17) is 14.2 Å². The Morgan fingerprint density at radius 2 is 1.90 bits per heavy atom. The van der Waals surface area contributed by atoms with E-state index in [-0.39, 0.29) is 35.4 Å². The van der Waals surface area contributed by atoms with E-state index in [2.05, 4.69) is 6.58 Å². The van der Waals surface area contributed by atoms with Crippen molar-refractivity contribution in [3.8, 4) is 17.2 Å². The van der Waals surface area contributed by atoms with Crippen LogP contribution in [0.5, 0.6) is 17.2 Å². The van der Waals surface area contributed by atoms with Crippen LogP contribution in [0.25, 0.3) is 0 Å². The molecule has 0 aliphatic carbocycles. The third-order valence-electron chi connectivity index (χ3n) is 2.18. The van der Waals surface area contributed by atoms with Crippen LogP contribution in [-0.2, 0) is 15.9 Å². The summed E-state index contributed by atoms with van der Waals surface area (Å²) in [4.78, 5) is 11.3. The lowest BCUT2D eigenvalue weighted by Crippen LogP contribution is -2.08. The number of carbonyl (C=O) groups excluding carboxylic acids is 1. The SMILES string of the molecule is C=CC(=O)Oc1ccc(S(=O)O)c(OCC)c1OCC. The molecule has 0 radical (unpaired) electrons. The molecule has 0 fully saturated rings. The first-order chi connectivity index (χ1) is 9.54. The summed E-state index contributed by atoms with van der Waals surface area (Å²) in [7, 11) is 0. The maximum atomic E-state index is 11.3. The fourth-order valence-corrected chi connectivity index (χ4v) is 1.95. The highest BCUT2D eigenvalue weighted by Gasteiger charge is 2.21. The molecule has 0 aliphatic heterocycles. The van der Waals surface area contributed by atoms with Gasteiger partial charge in [0.05, 0.1) is 13.2 Å². The predicted octanol–water partition coefficient (Wildman–Crippen LogP) is 2.16. The monoisotopic (exact) mass is 300 g/mol. The number of ether oxygens (including phenoxy) is 3. The van der Waals surface area contributed by atoms with Crippen molar-refractivity contribution in [3.63, 3.8) is 0 Å². The van der Waals surface area contributed by atoms with Gasteiger partial charge in [-0.05, 0) is 26.0 Å². The van der Waals surface area contributed by atoms with Crippen molar-refractivity contribution in [2.45, 2.75) is 18.7 Å². The molecule has 1 aromatic rings. The van der Waals surface area contributed by atoms with Crippen molar-refractivity contribution < 1.29 is 27.8 Å². The molecule has 6 nitrogen and oxygen atoms in total. The van der Waals surface area contributed by atoms with Crippen molar-refractivity contribution in [1.29, 1.82) is 0 Å². The van der Waals surface area contributed by atoms with E-state index >= 15 is 0 Å². The standard InChI is InChI=1S/C13H16O6S/c1-4-11(14)19-9-7-8-10(20(15)16)13(18-6-3)12(9)17-5-2/h4,7-8H,1,5-6H2,2-3H3,(H,15,16). The summed E-state index contributed by atoms with van der Waals surface area (Å²) in [5, 5.41) is 0. The van der Waals surface area contributed by atoms with E-state index in [0.29, 0.717) is 0 Å².